The van der Waals surface area contributed by atoms with Gasteiger partial charge >= 0.3 is 31.5 Å². The number of carbonyl (C=O) groups excluding carboxylic acids is 4. The highest BCUT2D eigenvalue weighted by atomic mass is 31.2. The smallest absolute Gasteiger partial charge is 0.325 e. The first kappa shape index (κ1) is 34.6. The van der Waals surface area contributed by atoms with Crippen LogP contribution >= 0.6 is 7.60 Å². The normalized spacial score (nSPS) is 21.8. The number of hydrogen-bond acceptors (Lipinski definition) is 10. The molecular formula is C27H37N2O12P. The van der Waals surface area contributed by atoms with E-state index >= 15 is 0 Å². The molecule has 4 N–H and O–H groups in total. The van der Waals surface area contributed by atoms with Crippen molar-refractivity contribution in [2.75, 3.05) is 18.0 Å². The van der Waals surface area contributed by atoms with Gasteiger partial charge in [-0.2, -0.15) is 0 Å². The molecule has 14 nitrogen and oxygen atoms in total. The fraction of sp³-hybridized carbons (Fsp3) is 0.556. The van der Waals surface area contributed by atoms with Crippen LogP contribution in [0.3, 0.4) is 0 Å². The highest BCUT2D eigenvalue weighted by Gasteiger charge is 2.53. The maximum absolute atomic E-state index is 12.2. The molecule has 15 heteroatoms. The first-order valence-electron chi connectivity index (χ1n) is 13.2. The number of anilines is 1. The highest BCUT2D eigenvalue weighted by molar-refractivity contribution is 7.51. The number of hydrogen-bond donors (Lipinski definition) is 4. The van der Waals surface area contributed by atoms with Gasteiger partial charge in [0.05, 0.1) is 6.16 Å². The van der Waals surface area contributed by atoms with Crippen LogP contribution in [-0.4, -0.2) is 77.1 Å². The van der Waals surface area contributed by atoms with Gasteiger partial charge in [-0.25, -0.2) is 4.79 Å². The standard InChI is InChI=1S/C27H37N2O12P/c1-6-7-8-9-13-28-27(33)29-20-10-11-21(16(2)15-20)40-26-25(39-19(5)32)24(38-18(4)31)23(37-17(3)30)22(41-26)12-14-42(34,35)36/h1,10-11,15,22-26H,7-9,12-14H2,2-5H3,(H2,28,29,33)(H2,34,35,36)/t22-,23-,24+,25+,26+/m1/s1. The lowest BCUT2D eigenvalue weighted by atomic mass is 9.96. The first-order valence-corrected chi connectivity index (χ1v) is 15.0. The number of nitrogens with one attached hydrogen (secondary N) is 2. The maximum Gasteiger partial charge on any atom is 0.325 e. The number of urea groups is 1. The van der Waals surface area contributed by atoms with Crippen molar-refractivity contribution in [1.29, 1.82) is 0 Å². The van der Waals surface area contributed by atoms with Crippen molar-refractivity contribution in [2.24, 2.45) is 0 Å². The van der Waals surface area contributed by atoms with Gasteiger partial charge in [0.1, 0.15) is 11.9 Å². The van der Waals surface area contributed by atoms with E-state index in [1.54, 1.807) is 19.1 Å². The van der Waals surface area contributed by atoms with Crippen molar-refractivity contribution < 1.29 is 57.2 Å². The van der Waals surface area contributed by atoms with Gasteiger partial charge in [-0.1, -0.05) is 0 Å². The van der Waals surface area contributed by atoms with E-state index in [9.17, 15) is 33.5 Å². The third-order valence-electron chi connectivity index (χ3n) is 5.91. The van der Waals surface area contributed by atoms with Crippen molar-refractivity contribution in [1.82, 2.24) is 5.32 Å². The molecule has 1 fully saturated rings. The second-order valence-corrected chi connectivity index (χ2v) is 11.4. The van der Waals surface area contributed by atoms with Gasteiger partial charge in [-0.15, -0.1) is 12.3 Å². The summed E-state index contributed by atoms with van der Waals surface area (Å²) in [5.41, 5.74) is 0.985. The van der Waals surface area contributed by atoms with Gasteiger partial charge in [0, 0.05) is 39.4 Å². The molecule has 0 radical (unpaired) electrons. The Kier molecular flexibility index (Phi) is 13.3. The second kappa shape index (κ2) is 16.1. The number of terminal acetylenes is 1. The number of benzene rings is 1. The summed E-state index contributed by atoms with van der Waals surface area (Å²) in [6.45, 7) is 5.42. The van der Waals surface area contributed by atoms with Crippen molar-refractivity contribution in [3.8, 4) is 18.1 Å². The SMILES string of the molecule is C#CCCCCNC(=O)Nc1ccc(O[C@H]2O[C@H](CCP(=O)(O)O)[C@@H](OC(C)=O)[C@H](OC(C)=O)[C@@H]2OC(C)=O)c(C)c1. The molecular weight excluding hydrogens is 575 g/mol. The lowest BCUT2D eigenvalue weighted by Crippen LogP contribution is -2.62. The molecule has 0 saturated carbocycles. The van der Waals surface area contributed by atoms with Crippen LogP contribution in [-0.2, 0) is 37.9 Å². The molecule has 1 aromatic rings. The minimum atomic E-state index is -4.50. The van der Waals surface area contributed by atoms with Crippen molar-refractivity contribution in [3.05, 3.63) is 23.8 Å². The van der Waals surface area contributed by atoms with E-state index < -0.39 is 68.4 Å². The van der Waals surface area contributed by atoms with Crippen molar-refractivity contribution in [3.63, 3.8) is 0 Å². The van der Waals surface area contributed by atoms with E-state index in [4.69, 9.17) is 30.1 Å². The van der Waals surface area contributed by atoms with E-state index in [-0.39, 0.29) is 12.2 Å². The number of esters is 3. The Balaban J connectivity index is 2.31. The van der Waals surface area contributed by atoms with E-state index in [1.807, 2.05) is 0 Å². The van der Waals surface area contributed by atoms with Crippen LogP contribution in [0, 0.1) is 19.3 Å². The summed E-state index contributed by atoms with van der Waals surface area (Å²) in [6.07, 6.45) is -0.484. The summed E-state index contributed by atoms with van der Waals surface area (Å²) in [6, 6.07) is 4.28. The molecule has 1 saturated heterocycles. The lowest BCUT2D eigenvalue weighted by molar-refractivity contribution is -0.283. The van der Waals surface area contributed by atoms with Crippen LogP contribution in [0.1, 0.15) is 52.0 Å². The Hall–Kier alpha value is -3.63. The Bertz CT molecular complexity index is 1210. The number of aryl methyl sites for hydroxylation is 1. The zero-order chi connectivity index (χ0) is 31.4. The van der Waals surface area contributed by atoms with Crippen LogP contribution in [0.5, 0.6) is 5.75 Å². The van der Waals surface area contributed by atoms with Gasteiger partial charge in [0.25, 0.3) is 0 Å². The first-order chi connectivity index (χ1) is 19.7. The molecule has 2 amide bonds. The van der Waals surface area contributed by atoms with Crippen LogP contribution in [0.2, 0.25) is 0 Å². The van der Waals surface area contributed by atoms with Crippen LogP contribution in [0.4, 0.5) is 10.5 Å². The molecule has 0 bridgehead atoms. The van der Waals surface area contributed by atoms with E-state index in [1.165, 1.54) is 6.07 Å². The summed E-state index contributed by atoms with van der Waals surface area (Å²) in [5.74, 6) is 0.391. The molecule has 0 spiro atoms. The minimum absolute atomic E-state index is 0.235. The summed E-state index contributed by atoms with van der Waals surface area (Å²) in [4.78, 5) is 67.0. The average molecular weight is 613 g/mol. The number of ether oxygens (including phenoxy) is 5. The molecule has 1 aliphatic heterocycles. The summed E-state index contributed by atoms with van der Waals surface area (Å²) >= 11 is 0. The highest BCUT2D eigenvalue weighted by Crippen LogP contribution is 2.39. The Morgan fingerprint density at radius 1 is 1.00 bits per heavy atom. The summed E-state index contributed by atoms with van der Waals surface area (Å²) in [5, 5.41) is 5.43. The molecule has 1 heterocycles. The largest absolute Gasteiger partial charge is 0.460 e. The van der Waals surface area contributed by atoms with Crippen molar-refractivity contribution in [2.45, 2.75) is 84.1 Å². The Labute approximate surface area is 243 Å². The van der Waals surface area contributed by atoms with E-state index in [2.05, 4.69) is 16.6 Å². The van der Waals surface area contributed by atoms with Gasteiger partial charge in [0.15, 0.2) is 12.2 Å². The zero-order valence-corrected chi connectivity index (χ0v) is 24.8. The fourth-order valence-electron chi connectivity index (χ4n) is 4.19. The molecule has 232 valence electrons. The molecule has 0 unspecified atom stereocenters. The maximum atomic E-state index is 12.2. The van der Waals surface area contributed by atoms with Gasteiger partial charge < -0.3 is 44.1 Å². The minimum Gasteiger partial charge on any atom is -0.460 e. The van der Waals surface area contributed by atoms with Crippen LogP contribution in [0.15, 0.2) is 18.2 Å². The predicted octanol–water partition coefficient (Wildman–Crippen LogP) is 2.39. The summed E-state index contributed by atoms with van der Waals surface area (Å²) in [7, 11) is -4.50. The molecule has 42 heavy (non-hydrogen) atoms. The lowest BCUT2D eigenvalue weighted by Gasteiger charge is -2.44. The monoisotopic (exact) mass is 612 g/mol. The number of amides is 2. The van der Waals surface area contributed by atoms with Gasteiger partial charge in [0.2, 0.25) is 12.4 Å². The van der Waals surface area contributed by atoms with Crippen molar-refractivity contribution >= 4 is 37.2 Å². The quantitative estimate of drug-likeness (QED) is 0.0836. The molecule has 2 rings (SSSR count). The fourth-order valence-corrected chi connectivity index (χ4v) is 4.78. The Morgan fingerprint density at radius 2 is 1.62 bits per heavy atom. The van der Waals surface area contributed by atoms with Crippen LogP contribution < -0.4 is 15.4 Å². The van der Waals surface area contributed by atoms with Crippen LogP contribution in [0.25, 0.3) is 0 Å². The average Bonchev–Trinajstić information content (AvgIpc) is 2.86. The Morgan fingerprint density at radius 3 is 2.19 bits per heavy atom. The molecule has 5 atom stereocenters. The van der Waals surface area contributed by atoms with E-state index in [0.717, 1.165) is 33.6 Å². The number of carbonyl (C=O) groups is 4. The van der Waals surface area contributed by atoms with Gasteiger partial charge in [-0.05, 0) is 49.9 Å². The topological polar surface area (TPSA) is 196 Å². The zero-order valence-electron chi connectivity index (χ0n) is 23.9. The number of rotatable bonds is 13. The van der Waals surface area contributed by atoms with Gasteiger partial charge in [-0.3, -0.25) is 18.9 Å². The molecule has 0 aromatic heterocycles. The summed E-state index contributed by atoms with van der Waals surface area (Å²) < 4.78 is 39.7. The third kappa shape index (κ3) is 11.7. The molecule has 1 aromatic carbocycles. The van der Waals surface area contributed by atoms with E-state index in [0.29, 0.717) is 24.2 Å². The molecule has 0 aliphatic carbocycles. The predicted molar refractivity (Wildman–Crippen MR) is 148 cm³/mol. The third-order valence-corrected chi connectivity index (χ3v) is 6.75. The molecule has 1 aliphatic rings. The second-order valence-electron chi connectivity index (χ2n) is 9.58. The number of unbranched alkanes of at least 4 members (excludes halogenated alkanes) is 2.